The van der Waals surface area contributed by atoms with Crippen molar-refractivity contribution in [3.63, 3.8) is 0 Å². The van der Waals surface area contributed by atoms with Crippen molar-refractivity contribution >= 4 is 17.7 Å². The van der Waals surface area contributed by atoms with Gasteiger partial charge in [-0.2, -0.15) is 0 Å². The maximum absolute atomic E-state index is 11.7. The van der Waals surface area contributed by atoms with Gasteiger partial charge >= 0.3 is 11.9 Å². The summed E-state index contributed by atoms with van der Waals surface area (Å²) in [5.41, 5.74) is 0.383. The van der Waals surface area contributed by atoms with Crippen molar-refractivity contribution in [3.8, 4) is 0 Å². The number of oxime groups is 1. The Labute approximate surface area is 106 Å². The molecule has 0 aliphatic heterocycles. The van der Waals surface area contributed by atoms with Gasteiger partial charge in [0.25, 0.3) is 0 Å². The van der Waals surface area contributed by atoms with E-state index in [1.54, 1.807) is 13.8 Å². The Morgan fingerprint density at radius 3 is 2.44 bits per heavy atom. The SMILES string of the molecule is CCOC(=O)C1CC/C(=N/O)C(C(=O)OCC)C1. The van der Waals surface area contributed by atoms with Gasteiger partial charge in [-0.1, -0.05) is 5.16 Å². The summed E-state index contributed by atoms with van der Waals surface area (Å²) in [6, 6.07) is 0. The lowest BCUT2D eigenvalue weighted by Gasteiger charge is -2.26. The summed E-state index contributed by atoms with van der Waals surface area (Å²) in [5, 5.41) is 12.0. The summed E-state index contributed by atoms with van der Waals surface area (Å²) >= 11 is 0. The van der Waals surface area contributed by atoms with Crippen LogP contribution in [0.5, 0.6) is 0 Å². The Kier molecular flexibility index (Phi) is 5.61. The van der Waals surface area contributed by atoms with Crippen molar-refractivity contribution in [3.05, 3.63) is 0 Å². The van der Waals surface area contributed by atoms with Crippen molar-refractivity contribution in [1.29, 1.82) is 0 Å². The molecular formula is C12H19NO5. The van der Waals surface area contributed by atoms with Crippen LogP contribution < -0.4 is 0 Å². The van der Waals surface area contributed by atoms with E-state index in [9.17, 15) is 9.59 Å². The van der Waals surface area contributed by atoms with Crippen molar-refractivity contribution in [2.24, 2.45) is 17.0 Å². The molecule has 1 aliphatic rings. The summed E-state index contributed by atoms with van der Waals surface area (Å²) in [5.74, 6) is -1.72. The molecule has 0 heterocycles. The van der Waals surface area contributed by atoms with Crippen molar-refractivity contribution < 1.29 is 24.3 Å². The van der Waals surface area contributed by atoms with Gasteiger partial charge in [-0.3, -0.25) is 9.59 Å². The molecule has 1 N–H and O–H groups in total. The van der Waals surface area contributed by atoms with Crippen LogP contribution in [0.25, 0.3) is 0 Å². The highest BCUT2D eigenvalue weighted by Crippen LogP contribution is 2.29. The predicted molar refractivity (Wildman–Crippen MR) is 63.3 cm³/mol. The minimum atomic E-state index is -0.641. The lowest BCUT2D eigenvalue weighted by Crippen LogP contribution is -2.36. The summed E-state index contributed by atoms with van der Waals surface area (Å²) in [4.78, 5) is 23.4. The Hall–Kier alpha value is -1.59. The van der Waals surface area contributed by atoms with Crippen LogP contribution in [0.15, 0.2) is 5.16 Å². The minimum absolute atomic E-state index is 0.262. The lowest BCUT2D eigenvalue weighted by atomic mass is 9.80. The third kappa shape index (κ3) is 3.45. The van der Waals surface area contributed by atoms with E-state index in [1.807, 2.05) is 0 Å². The number of carbonyl (C=O) groups is 2. The van der Waals surface area contributed by atoms with Crippen LogP contribution in [0.3, 0.4) is 0 Å². The van der Waals surface area contributed by atoms with Gasteiger partial charge in [0.2, 0.25) is 0 Å². The van der Waals surface area contributed by atoms with Gasteiger partial charge in [-0.15, -0.1) is 0 Å². The van der Waals surface area contributed by atoms with Gasteiger partial charge in [0.05, 0.1) is 30.8 Å². The third-order valence-corrected chi connectivity index (χ3v) is 2.99. The topological polar surface area (TPSA) is 85.2 Å². The van der Waals surface area contributed by atoms with Crippen LogP contribution in [0.1, 0.15) is 33.1 Å². The number of hydrogen-bond donors (Lipinski definition) is 1. The van der Waals surface area contributed by atoms with Crippen LogP contribution in [0.2, 0.25) is 0 Å². The van der Waals surface area contributed by atoms with Crippen LogP contribution in [-0.4, -0.2) is 36.1 Å². The van der Waals surface area contributed by atoms with Crippen LogP contribution >= 0.6 is 0 Å². The first-order valence-corrected chi connectivity index (χ1v) is 6.18. The molecule has 0 aromatic carbocycles. The molecule has 0 aromatic heterocycles. The maximum Gasteiger partial charge on any atom is 0.314 e. The molecule has 18 heavy (non-hydrogen) atoms. The lowest BCUT2D eigenvalue weighted by molar-refractivity contribution is -0.151. The summed E-state index contributed by atoms with van der Waals surface area (Å²) in [6.45, 7) is 4.03. The molecule has 0 radical (unpaired) electrons. The molecule has 1 fully saturated rings. The van der Waals surface area contributed by atoms with Gasteiger partial charge in [-0.25, -0.2) is 0 Å². The van der Waals surface area contributed by atoms with Crippen molar-refractivity contribution in [2.45, 2.75) is 33.1 Å². The molecule has 0 amide bonds. The highest BCUT2D eigenvalue weighted by atomic mass is 16.5. The van der Waals surface area contributed by atoms with E-state index in [4.69, 9.17) is 14.7 Å². The zero-order valence-corrected chi connectivity index (χ0v) is 10.7. The van der Waals surface area contributed by atoms with E-state index >= 15 is 0 Å². The van der Waals surface area contributed by atoms with Gasteiger partial charge in [0.1, 0.15) is 0 Å². The van der Waals surface area contributed by atoms with Crippen molar-refractivity contribution in [1.82, 2.24) is 0 Å². The van der Waals surface area contributed by atoms with Crippen LogP contribution in [0, 0.1) is 11.8 Å². The fourth-order valence-corrected chi connectivity index (χ4v) is 2.10. The largest absolute Gasteiger partial charge is 0.466 e. The van der Waals surface area contributed by atoms with Crippen LogP contribution in [-0.2, 0) is 19.1 Å². The van der Waals surface area contributed by atoms with E-state index in [0.717, 1.165) is 0 Å². The third-order valence-electron chi connectivity index (χ3n) is 2.99. The molecule has 6 nitrogen and oxygen atoms in total. The Morgan fingerprint density at radius 1 is 1.28 bits per heavy atom. The quantitative estimate of drug-likeness (QED) is 0.467. The zero-order chi connectivity index (χ0) is 13.5. The fraction of sp³-hybridized carbons (Fsp3) is 0.750. The normalized spacial score (nSPS) is 25.8. The number of rotatable bonds is 4. The van der Waals surface area contributed by atoms with Crippen molar-refractivity contribution in [2.75, 3.05) is 13.2 Å². The molecule has 102 valence electrons. The Bertz CT molecular complexity index is 339. The Morgan fingerprint density at radius 2 is 1.89 bits per heavy atom. The number of nitrogens with zero attached hydrogens (tertiary/aromatic N) is 1. The molecule has 0 spiro atoms. The number of hydrogen-bond acceptors (Lipinski definition) is 6. The highest BCUT2D eigenvalue weighted by molar-refractivity contribution is 6.03. The summed E-state index contributed by atoms with van der Waals surface area (Å²) in [7, 11) is 0. The first-order chi connectivity index (χ1) is 8.63. The molecule has 1 rings (SSSR count). The first kappa shape index (κ1) is 14.5. The molecule has 0 saturated heterocycles. The van der Waals surface area contributed by atoms with Gasteiger partial charge in [-0.05, 0) is 33.1 Å². The van der Waals surface area contributed by atoms with E-state index in [1.165, 1.54) is 0 Å². The monoisotopic (exact) mass is 257 g/mol. The average molecular weight is 257 g/mol. The summed E-state index contributed by atoms with van der Waals surface area (Å²) in [6.07, 6.45) is 1.23. The van der Waals surface area contributed by atoms with E-state index in [-0.39, 0.29) is 24.9 Å². The smallest absolute Gasteiger partial charge is 0.314 e. The second-order valence-corrected chi connectivity index (χ2v) is 4.12. The molecule has 1 aliphatic carbocycles. The van der Waals surface area contributed by atoms with Gasteiger partial charge in [0.15, 0.2) is 0 Å². The molecule has 0 aromatic rings. The highest BCUT2D eigenvalue weighted by Gasteiger charge is 2.37. The number of esters is 2. The van der Waals surface area contributed by atoms with Crippen LogP contribution in [0.4, 0.5) is 0 Å². The standard InChI is InChI=1S/C12H19NO5/c1-3-17-11(14)8-5-6-10(13-16)9(7-8)12(15)18-4-2/h8-9,16H,3-7H2,1-2H3/b13-10-. The first-order valence-electron chi connectivity index (χ1n) is 6.18. The second-order valence-electron chi connectivity index (χ2n) is 4.12. The predicted octanol–water partition coefficient (Wildman–Crippen LogP) is 1.36. The molecule has 2 atom stereocenters. The number of carbonyl (C=O) groups excluding carboxylic acids is 2. The molecule has 6 heteroatoms. The van der Waals surface area contributed by atoms with Gasteiger partial charge in [0, 0.05) is 0 Å². The number of ether oxygens (including phenoxy) is 2. The molecular weight excluding hydrogens is 238 g/mol. The van der Waals surface area contributed by atoms with E-state index < -0.39 is 11.9 Å². The Balaban J connectivity index is 2.72. The minimum Gasteiger partial charge on any atom is -0.466 e. The zero-order valence-electron chi connectivity index (χ0n) is 10.7. The average Bonchev–Trinajstić information content (AvgIpc) is 2.38. The molecule has 2 unspecified atom stereocenters. The second kappa shape index (κ2) is 6.98. The van der Waals surface area contributed by atoms with E-state index in [2.05, 4.69) is 5.16 Å². The summed E-state index contributed by atoms with van der Waals surface area (Å²) < 4.78 is 9.86. The fourth-order valence-electron chi connectivity index (χ4n) is 2.10. The molecule has 1 saturated carbocycles. The maximum atomic E-state index is 11.7. The molecule has 0 bridgehead atoms. The van der Waals surface area contributed by atoms with Gasteiger partial charge < -0.3 is 14.7 Å². The van der Waals surface area contributed by atoms with E-state index in [0.29, 0.717) is 25.2 Å².